The second-order valence-corrected chi connectivity index (χ2v) is 5.07. The monoisotopic (exact) mass is 258 g/mol. The fourth-order valence-electron chi connectivity index (χ4n) is 1.58. The summed E-state index contributed by atoms with van der Waals surface area (Å²) in [6, 6.07) is 13.2. The maximum absolute atomic E-state index is 11.0. The van der Waals surface area contributed by atoms with Crippen LogP contribution in [0.15, 0.2) is 52.3 Å². The molecule has 4 heteroatoms. The summed E-state index contributed by atoms with van der Waals surface area (Å²) in [6.45, 7) is 2.05. The van der Waals surface area contributed by atoms with Gasteiger partial charge in [0.15, 0.2) is 0 Å². The van der Waals surface area contributed by atoms with Crippen LogP contribution in [-0.2, 0) is 0 Å². The minimum atomic E-state index is -0.464. The standard InChI is InChI=1S/C14H14N2OS/c1-9-4-2-3-5-12(9)18-13-7-6-10(14(16)17)8-11(13)15/h2-8H,15H2,1H3,(H2,16,17). The van der Waals surface area contributed by atoms with Crippen LogP contribution in [0.25, 0.3) is 0 Å². The zero-order valence-corrected chi connectivity index (χ0v) is 10.8. The number of hydrogen-bond acceptors (Lipinski definition) is 3. The van der Waals surface area contributed by atoms with E-state index in [1.807, 2.05) is 24.3 Å². The first-order valence-electron chi connectivity index (χ1n) is 5.51. The van der Waals surface area contributed by atoms with Crippen LogP contribution in [-0.4, -0.2) is 5.91 Å². The molecule has 3 nitrogen and oxygen atoms in total. The summed E-state index contributed by atoms with van der Waals surface area (Å²) in [5, 5.41) is 0. The van der Waals surface area contributed by atoms with Crippen molar-refractivity contribution in [1.29, 1.82) is 0 Å². The van der Waals surface area contributed by atoms with E-state index in [0.29, 0.717) is 11.3 Å². The molecule has 2 aromatic carbocycles. The Labute approximate surface area is 110 Å². The third-order valence-electron chi connectivity index (χ3n) is 2.61. The Morgan fingerprint density at radius 2 is 1.83 bits per heavy atom. The highest BCUT2D eigenvalue weighted by Crippen LogP contribution is 2.34. The fourth-order valence-corrected chi connectivity index (χ4v) is 2.51. The minimum absolute atomic E-state index is 0.432. The Balaban J connectivity index is 2.30. The van der Waals surface area contributed by atoms with Crippen LogP contribution in [0.3, 0.4) is 0 Å². The third kappa shape index (κ3) is 2.65. The van der Waals surface area contributed by atoms with Crippen LogP contribution in [0.1, 0.15) is 15.9 Å². The van der Waals surface area contributed by atoms with E-state index in [4.69, 9.17) is 11.5 Å². The zero-order valence-electron chi connectivity index (χ0n) is 10.0. The van der Waals surface area contributed by atoms with Gasteiger partial charge in [0.05, 0.1) is 0 Å². The van der Waals surface area contributed by atoms with E-state index in [1.54, 1.807) is 23.9 Å². The van der Waals surface area contributed by atoms with Gasteiger partial charge < -0.3 is 11.5 Å². The van der Waals surface area contributed by atoms with Gasteiger partial charge in [-0.25, -0.2) is 0 Å². The number of aryl methyl sites for hydroxylation is 1. The van der Waals surface area contributed by atoms with Crippen molar-refractivity contribution in [3.8, 4) is 0 Å². The number of anilines is 1. The molecule has 0 heterocycles. The molecule has 2 aromatic rings. The largest absolute Gasteiger partial charge is 0.398 e. The normalized spacial score (nSPS) is 10.3. The van der Waals surface area contributed by atoms with Crippen molar-refractivity contribution in [3.63, 3.8) is 0 Å². The number of amides is 1. The maximum Gasteiger partial charge on any atom is 0.248 e. The summed E-state index contributed by atoms with van der Waals surface area (Å²) >= 11 is 1.58. The minimum Gasteiger partial charge on any atom is -0.398 e. The number of nitrogens with two attached hydrogens (primary N) is 2. The van der Waals surface area contributed by atoms with E-state index in [0.717, 1.165) is 9.79 Å². The Bertz CT molecular complexity index is 596. The van der Waals surface area contributed by atoms with Gasteiger partial charge >= 0.3 is 0 Å². The van der Waals surface area contributed by atoms with Gasteiger partial charge in [0.25, 0.3) is 0 Å². The molecule has 0 aliphatic carbocycles. The third-order valence-corrected chi connectivity index (χ3v) is 3.88. The second-order valence-electron chi connectivity index (χ2n) is 3.98. The maximum atomic E-state index is 11.0. The zero-order chi connectivity index (χ0) is 13.1. The van der Waals surface area contributed by atoms with Crippen molar-refractivity contribution in [2.24, 2.45) is 5.73 Å². The van der Waals surface area contributed by atoms with Crippen LogP contribution in [0.4, 0.5) is 5.69 Å². The number of carbonyl (C=O) groups excluding carboxylic acids is 1. The molecule has 1 amide bonds. The molecule has 0 fully saturated rings. The van der Waals surface area contributed by atoms with E-state index < -0.39 is 5.91 Å². The molecule has 0 aliphatic heterocycles. The van der Waals surface area contributed by atoms with Crippen molar-refractivity contribution < 1.29 is 4.79 Å². The average molecular weight is 258 g/mol. The van der Waals surface area contributed by atoms with Gasteiger partial charge in [0.2, 0.25) is 5.91 Å². The topological polar surface area (TPSA) is 69.1 Å². The summed E-state index contributed by atoms with van der Waals surface area (Å²) < 4.78 is 0. The summed E-state index contributed by atoms with van der Waals surface area (Å²) in [5.41, 5.74) is 13.3. The molecule has 0 saturated heterocycles. The molecule has 0 aliphatic rings. The van der Waals surface area contributed by atoms with Crippen LogP contribution >= 0.6 is 11.8 Å². The van der Waals surface area contributed by atoms with Crippen molar-refractivity contribution in [1.82, 2.24) is 0 Å². The lowest BCUT2D eigenvalue weighted by Crippen LogP contribution is -2.11. The molecule has 0 saturated carbocycles. The van der Waals surface area contributed by atoms with Crippen LogP contribution in [0, 0.1) is 6.92 Å². The molecule has 0 spiro atoms. The number of rotatable bonds is 3. The van der Waals surface area contributed by atoms with E-state index in [2.05, 4.69) is 13.0 Å². The highest BCUT2D eigenvalue weighted by Gasteiger charge is 2.07. The smallest absolute Gasteiger partial charge is 0.248 e. The highest BCUT2D eigenvalue weighted by molar-refractivity contribution is 7.99. The summed E-state index contributed by atoms with van der Waals surface area (Å²) in [5.74, 6) is -0.464. The lowest BCUT2D eigenvalue weighted by molar-refractivity contribution is 0.100. The SMILES string of the molecule is Cc1ccccc1Sc1ccc(C(N)=O)cc1N. The summed E-state index contributed by atoms with van der Waals surface area (Å²) in [6.07, 6.45) is 0. The Morgan fingerprint density at radius 1 is 1.11 bits per heavy atom. The summed E-state index contributed by atoms with van der Waals surface area (Å²) in [7, 11) is 0. The molecule has 0 unspecified atom stereocenters. The average Bonchev–Trinajstić information content (AvgIpc) is 2.34. The van der Waals surface area contributed by atoms with Crippen molar-refractivity contribution in [2.45, 2.75) is 16.7 Å². The quantitative estimate of drug-likeness (QED) is 0.832. The van der Waals surface area contributed by atoms with Gasteiger partial charge in [-0.15, -0.1) is 0 Å². The highest BCUT2D eigenvalue weighted by atomic mass is 32.2. The Hall–Kier alpha value is -1.94. The molecule has 0 aromatic heterocycles. The van der Waals surface area contributed by atoms with E-state index >= 15 is 0 Å². The Kier molecular flexibility index (Phi) is 3.58. The van der Waals surface area contributed by atoms with Crippen LogP contribution in [0.5, 0.6) is 0 Å². The number of benzene rings is 2. The molecule has 2 rings (SSSR count). The predicted molar refractivity (Wildman–Crippen MR) is 74.7 cm³/mol. The van der Waals surface area contributed by atoms with Crippen LogP contribution < -0.4 is 11.5 Å². The molecule has 0 atom stereocenters. The molecule has 0 bridgehead atoms. The Morgan fingerprint density at radius 3 is 2.44 bits per heavy atom. The lowest BCUT2D eigenvalue weighted by atomic mass is 10.2. The lowest BCUT2D eigenvalue weighted by Gasteiger charge is -2.08. The summed E-state index contributed by atoms with van der Waals surface area (Å²) in [4.78, 5) is 13.1. The van der Waals surface area contributed by atoms with E-state index in [1.165, 1.54) is 5.56 Å². The number of nitrogen functional groups attached to an aromatic ring is 1. The van der Waals surface area contributed by atoms with Crippen molar-refractivity contribution in [2.75, 3.05) is 5.73 Å². The number of carbonyl (C=O) groups is 1. The molecule has 18 heavy (non-hydrogen) atoms. The predicted octanol–water partition coefficient (Wildman–Crippen LogP) is 2.83. The molecule has 92 valence electrons. The number of primary amides is 1. The van der Waals surface area contributed by atoms with Crippen molar-refractivity contribution >= 4 is 23.4 Å². The van der Waals surface area contributed by atoms with Gasteiger partial charge in [0, 0.05) is 21.0 Å². The first-order chi connectivity index (χ1) is 8.58. The molecular weight excluding hydrogens is 244 g/mol. The molecular formula is C14H14N2OS. The van der Waals surface area contributed by atoms with Gasteiger partial charge in [-0.3, -0.25) is 4.79 Å². The second kappa shape index (κ2) is 5.14. The first-order valence-corrected chi connectivity index (χ1v) is 6.32. The number of hydrogen-bond donors (Lipinski definition) is 2. The van der Waals surface area contributed by atoms with E-state index in [-0.39, 0.29) is 0 Å². The van der Waals surface area contributed by atoms with Crippen LogP contribution in [0.2, 0.25) is 0 Å². The van der Waals surface area contributed by atoms with Gasteiger partial charge in [-0.2, -0.15) is 0 Å². The van der Waals surface area contributed by atoms with Gasteiger partial charge in [-0.05, 0) is 36.8 Å². The van der Waals surface area contributed by atoms with Crippen molar-refractivity contribution in [3.05, 3.63) is 53.6 Å². The molecule has 0 radical (unpaired) electrons. The molecule has 4 N–H and O–H groups in total. The van der Waals surface area contributed by atoms with Gasteiger partial charge in [0.1, 0.15) is 0 Å². The van der Waals surface area contributed by atoms with Gasteiger partial charge in [-0.1, -0.05) is 30.0 Å². The van der Waals surface area contributed by atoms with E-state index in [9.17, 15) is 4.79 Å². The first kappa shape index (κ1) is 12.5. The fraction of sp³-hybridized carbons (Fsp3) is 0.0714.